The van der Waals surface area contributed by atoms with Crippen molar-refractivity contribution in [2.24, 2.45) is 5.92 Å². The van der Waals surface area contributed by atoms with Crippen LogP contribution in [-0.2, 0) is 16.1 Å². The van der Waals surface area contributed by atoms with Gasteiger partial charge in [-0.25, -0.2) is 9.18 Å². The summed E-state index contributed by atoms with van der Waals surface area (Å²) in [7, 11) is 1.46. The largest absolute Gasteiger partial charge is 0.480 e. The Morgan fingerprint density at radius 2 is 2.08 bits per heavy atom. The first kappa shape index (κ1) is 18.4. The molecule has 1 atom stereocenters. The van der Waals surface area contributed by atoms with Gasteiger partial charge in [0.25, 0.3) is 5.91 Å². The third kappa shape index (κ3) is 3.91. The SMILES string of the molecule is COCc1c(C(=O)NC(CC(C)C)C(=O)O)sc2cccc(F)c12. The van der Waals surface area contributed by atoms with Crippen molar-refractivity contribution in [2.75, 3.05) is 7.11 Å². The van der Waals surface area contributed by atoms with Gasteiger partial charge in [-0.1, -0.05) is 19.9 Å². The first-order valence-electron chi connectivity index (χ1n) is 7.57. The first-order chi connectivity index (χ1) is 11.3. The molecule has 0 aliphatic carbocycles. The number of carbonyl (C=O) groups is 2. The number of methoxy groups -OCH3 is 1. The molecule has 1 unspecified atom stereocenters. The molecular formula is C17H20FNO4S. The van der Waals surface area contributed by atoms with Crippen LogP contribution in [0.2, 0.25) is 0 Å². The average Bonchev–Trinajstić information content (AvgIpc) is 2.86. The second kappa shape index (κ2) is 7.72. The highest BCUT2D eigenvalue weighted by Crippen LogP contribution is 2.33. The van der Waals surface area contributed by atoms with E-state index in [9.17, 15) is 19.1 Å². The summed E-state index contributed by atoms with van der Waals surface area (Å²) in [5, 5.41) is 12.2. The van der Waals surface area contributed by atoms with Crippen molar-refractivity contribution in [2.45, 2.75) is 32.9 Å². The lowest BCUT2D eigenvalue weighted by atomic mass is 10.0. The lowest BCUT2D eigenvalue weighted by Crippen LogP contribution is -2.41. The van der Waals surface area contributed by atoms with Crippen LogP contribution in [-0.4, -0.2) is 30.1 Å². The highest BCUT2D eigenvalue weighted by Gasteiger charge is 2.26. The number of benzene rings is 1. The maximum absolute atomic E-state index is 14.1. The Morgan fingerprint density at radius 3 is 2.67 bits per heavy atom. The van der Waals surface area contributed by atoms with Crippen LogP contribution in [0, 0.1) is 11.7 Å². The maximum atomic E-state index is 14.1. The fourth-order valence-electron chi connectivity index (χ4n) is 2.55. The minimum atomic E-state index is -1.09. The Bertz CT molecular complexity index is 756. The Balaban J connectivity index is 2.39. The molecule has 5 nitrogen and oxygen atoms in total. The van der Waals surface area contributed by atoms with Crippen molar-refractivity contribution in [3.63, 3.8) is 0 Å². The monoisotopic (exact) mass is 353 g/mol. The van der Waals surface area contributed by atoms with Crippen LogP contribution in [0.1, 0.15) is 35.5 Å². The van der Waals surface area contributed by atoms with E-state index in [4.69, 9.17) is 4.74 Å². The number of carbonyl (C=O) groups excluding carboxylic acids is 1. The molecule has 0 bridgehead atoms. The lowest BCUT2D eigenvalue weighted by Gasteiger charge is -2.16. The van der Waals surface area contributed by atoms with E-state index in [1.807, 2.05) is 13.8 Å². The van der Waals surface area contributed by atoms with Gasteiger partial charge in [0.1, 0.15) is 11.9 Å². The van der Waals surface area contributed by atoms with E-state index >= 15 is 0 Å². The fourth-order valence-corrected chi connectivity index (χ4v) is 3.67. The minimum Gasteiger partial charge on any atom is -0.480 e. The number of amides is 1. The fraction of sp³-hybridized carbons (Fsp3) is 0.412. The zero-order valence-corrected chi connectivity index (χ0v) is 14.6. The molecule has 0 aliphatic rings. The molecule has 0 radical (unpaired) electrons. The van der Waals surface area contributed by atoms with Gasteiger partial charge in [0.2, 0.25) is 0 Å². The van der Waals surface area contributed by atoms with Gasteiger partial charge in [-0.3, -0.25) is 4.79 Å². The Morgan fingerprint density at radius 1 is 1.38 bits per heavy atom. The number of fused-ring (bicyclic) bond motifs is 1. The quantitative estimate of drug-likeness (QED) is 0.800. The van der Waals surface area contributed by atoms with E-state index in [1.54, 1.807) is 12.1 Å². The van der Waals surface area contributed by atoms with Gasteiger partial charge in [0, 0.05) is 22.8 Å². The van der Waals surface area contributed by atoms with Crippen LogP contribution in [0.4, 0.5) is 4.39 Å². The van der Waals surface area contributed by atoms with E-state index in [0.29, 0.717) is 22.1 Å². The van der Waals surface area contributed by atoms with Gasteiger partial charge in [0.05, 0.1) is 11.5 Å². The maximum Gasteiger partial charge on any atom is 0.326 e. The summed E-state index contributed by atoms with van der Waals surface area (Å²) >= 11 is 1.13. The molecule has 24 heavy (non-hydrogen) atoms. The topological polar surface area (TPSA) is 75.6 Å². The molecule has 0 aliphatic heterocycles. The van der Waals surface area contributed by atoms with E-state index in [-0.39, 0.29) is 17.4 Å². The van der Waals surface area contributed by atoms with Crippen molar-refractivity contribution in [1.82, 2.24) is 5.32 Å². The number of aliphatic carboxylic acids is 1. The number of hydrogen-bond donors (Lipinski definition) is 2. The molecule has 1 aromatic carbocycles. The van der Waals surface area contributed by atoms with Crippen LogP contribution >= 0.6 is 11.3 Å². The van der Waals surface area contributed by atoms with Crippen LogP contribution in [0.5, 0.6) is 0 Å². The number of carboxylic acid groups (broad SMARTS) is 1. The Kier molecular flexibility index (Phi) is 5.90. The third-order valence-corrected chi connectivity index (χ3v) is 4.76. The standard InChI is InChI=1S/C17H20FNO4S/c1-9(2)7-12(17(21)22)19-16(20)15-10(8-23-3)14-11(18)5-4-6-13(14)24-15/h4-6,9,12H,7-8H2,1-3H3,(H,19,20)(H,21,22). The molecule has 1 heterocycles. The summed E-state index contributed by atoms with van der Waals surface area (Å²) in [5.41, 5.74) is 0.446. The van der Waals surface area contributed by atoms with Crippen molar-refractivity contribution in [3.8, 4) is 0 Å². The number of halogens is 1. The predicted octanol–water partition coefficient (Wildman–Crippen LogP) is 3.42. The minimum absolute atomic E-state index is 0.0750. The summed E-state index contributed by atoms with van der Waals surface area (Å²) in [6.07, 6.45) is 0.319. The van der Waals surface area contributed by atoms with Crippen LogP contribution in [0.15, 0.2) is 18.2 Å². The summed E-state index contributed by atoms with van der Waals surface area (Å²) in [6, 6.07) is 3.64. The normalized spacial score (nSPS) is 12.5. The lowest BCUT2D eigenvalue weighted by molar-refractivity contribution is -0.139. The summed E-state index contributed by atoms with van der Waals surface area (Å²) in [6.45, 7) is 3.84. The van der Waals surface area contributed by atoms with Gasteiger partial charge in [-0.2, -0.15) is 0 Å². The smallest absolute Gasteiger partial charge is 0.326 e. The molecule has 0 saturated heterocycles. The van der Waals surface area contributed by atoms with Gasteiger partial charge in [-0.05, 0) is 24.5 Å². The third-order valence-electron chi connectivity index (χ3n) is 3.57. The molecule has 2 rings (SSSR count). The van der Waals surface area contributed by atoms with Gasteiger partial charge in [-0.15, -0.1) is 11.3 Å². The molecule has 0 fully saturated rings. The van der Waals surface area contributed by atoms with Crippen LogP contribution in [0.3, 0.4) is 0 Å². The zero-order valence-electron chi connectivity index (χ0n) is 13.8. The molecule has 2 N–H and O–H groups in total. The summed E-state index contributed by atoms with van der Waals surface area (Å²) in [5.74, 6) is -1.91. The molecule has 0 saturated carbocycles. The number of nitrogens with one attached hydrogen (secondary N) is 1. The Hall–Kier alpha value is -1.99. The average molecular weight is 353 g/mol. The first-order valence-corrected chi connectivity index (χ1v) is 8.39. The number of carboxylic acids is 1. The van der Waals surface area contributed by atoms with Crippen molar-refractivity contribution >= 4 is 33.3 Å². The summed E-state index contributed by atoms with van der Waals surface area (Å²) in [4.78, 5) is 24.2. The highest BCUT2D eigenvalue weighted by atomic mass is 32.1. The zero-order chi connectivity index (χ0) is 17.9. The van der Waals surface area contributed by atoms with Crippen LogP contribution in [0.25, 0.3) is 10.1 Å². The predicted molar refractivity (Wildman–Crippen MR) is 90.8 cm³/mol. The van der Waals surface area contributed by atoms with Gasteiger partial charge < -0.3 is 15.2 Å². The molecule has 130 valence electrons. The second-order valence-corrected chi connectivity index (χ2v) is 7.00. The van der Waals surface area contributed by atoms with Crippen molar-refractivity contribution in [1.29, 1.82) is 0 Å². The van der Waals surface area contributed by atoms with Crippen LogP contribution < -0.4 is 5.32 Å². The van der Waals surface area contributed by atoms with E-state index in [2.05, 4.69) is 5.32 Å². The molecule has 0 spiro atoms. The molecule has 1 aromatic heterocycles. The van der Waals surface area contributed by atoms with Crippen molar-refractivity contribution in [3.05, 3.63) is 34.5 Å². The van der Waals surface area contributed by atoms with Gasteiger partial charge >= 0.3 is 5.97 Å². The highest BCUT2D eigenvalue weighted by molar-refractivity contribution is 7.21. The van der Waals surface area contributed by atoms with E-state index in [0.717, 1.165) is 11.3 Å². The number of thiophene rings is 1. The summed E-state index contributed by atoms with van der Waals surface area (Å²) < 4.78 is 19.9. The number of ether oxygens (including phenoxy) is 1. The second-order valence-electron chi connectivity index (χ2n) is 5.95. The molecule has 7 heteroatoms. The molecule has 2 aromatic rings. The van der Waals surface area contributed by atoms with E-state index in [1.165, 1.54) is 13.2 Å². The molecular weight excluding hydrogens is 333 g/mol. The number of rotatable bonds is 7. The van der Waals surface area contributed by atoms with E-state index < -0.39 is 23.7 Å². The Labute approximate surface area is 143 Å². The van der Waals surface area contributed by atoms with Gasteiger partial charge in [0.15, 0.2) is 0 Å². The van der Waals surface area contributed by atoms with Crippen molar-refractivity contribution < 1.29 is 23.8 Å². The molecule has 1 amide bonds. The number of hydrogen-bond acceptors (Lipinski definition) is 4.